The average molecular weight is 230 g/mol. The normalized spacial score (nSPS) is 14.1. The molecule has 17 heavy (non-hydrogen) atoms. The van der Waals surface area contributed by atoms with E-state index in [4.69, 9.17) is 9.47 Å². The Morgan fingerprint density at radius 1 is 1.29 bits per heavy atom. The third kappa shape index (κ3) is 3.13. The fourth-order valence-corrected chi connectivity index (χ4v) is 1.75. The smallest absolute Gasteiger partial charge is 0.126 e. The van der Waals surface area contributed by atoms with Gasteiger partial charge in [-0.1, -0.05) is 37.6 Å². The number of para-hydroxylation sites is 1. The van der Waals surface area contributed by atoms with Crippen LogP contribution in [0.15, 0.2) is 42.7 Å². The zero-order valence-electron chi connectivity index (χ0n) is 10.2. The van der Waals surface area contributed by atoms with E-state index < -0.39 is 0 Å². The van der Waals surface area contributed by atoms with Crippen LogP contribution in [0.25, 0.3) is 5.57 Å². The molecule has 0 bridgehead atoms. The lowest BCUT2D eigenvalue weighted by Crippen LogP contribution is -2.02. The molecule has 90 valence electrons. The second kappa shape index (κ2) is 6.14. The molecule has 1 aliphatic rings. The molecule has 1 heterocycles. The first-order chi connectivity index (χ1) is 8.42. The Kier molecular flexibility index (Phi) is 4.25. The van der Waals surface area contributed by atoms with Gasteiger partial charge in [0.2, 0.25) is 0 Å². The first kappa shape index (κ1) is 11.8. The van der Waals surface area contributed by atoms with Gasteiger partial charge in [0.1, 0.15) is 12.4 Å². The average Bonchev–Trinajstić information content (AvgIpc) is 2.41. The number of hydrogen-bond acceptors (Lipinski definition) is 2. The van der Waals surface area contributed by atoms with Gasteiger partial charge in [0.25, 0.3) is 0 Å². The molecular formula is C15H18O2. The molecule has 0 fully saturated rings. The predicted octanol–water partition coefficient (Wildman–Crippen LogP) is 3.79. The maximum atomic E-state index is 5.81. The molecule has 0 amide bonds. The van der Waals surface area contributed by atoms with Gasteiger partial charge in [0.05, 0.1) is 12.9 Å². The van der Waals surface area contributed by atoms with Crippen LogP contribution in [0.1, 0.15) is 25.3 Å². The molecule has 0 atom stereocenters. The van der Waals surface area contributed by atoms with Gasteiger partial charge in [-0.15, -0.1) is 0 Å². The molecule has 1 aromatic carbocycles. The lowest BCUT2D eigenvalue weighted by molar-refractivity contribution is 0.289. The number of rotatable bonds is 5. The van der Waals surface area contributed by atoms with Crippen molar-refractivity contribution in [1.82, 2.24) is 0 Å². The number of benzene rings is 1. The van der Waals surface area contributed by atoms with E-state index in [0.29, 0.717) is 6.61 Å². The molecule has 0 saturated heterocycles. The van der Waals surface area contributed by atoms with Gasteiger partial charge in [-0.05, 0) is 18.6 Å². The van der Waals surface area contributed by atoms with Gasteiger partial charge in [0.15, 0.2) is 0 Å². The van der Waals surface area contributed by atoms with Crippen molar-refractivity contribution in [3.8, 4) is 5.75 Å². The van der Waals surface area contributed by atoms with Crippen LogP contribution >= 0.6 is 0 Å². The van der Waals surface area contributed by atoms with Crippen molar-refractivity contribution in [2.75, 3.05) is 13.2 Å². The van der Waals surface area contributed by atoms with E-state index in [1.54, 1.807) is 6.26 Å². The summed E-state index contributed by atoms with van der Waals surface area (Å²) in [5.41, 5.74) is 2.30. The van der Waals surface area contributed by atoms with Crippen molar-refractivity contribution in [3.63, 3.8) is 0 Å². The number of hydrogen-bond donors (Lipinski definition) is 0. The SMILES string of the molecule is CCCCOc1ccccc1C1=CC=COC1. The van der Waals surface area contributed by atoms with Gasteiger partial charge in [-0.25, -0.2) is 0 Å². The molecule has 0 unspecified atom stereocenters. The van der Waals surface area contributed by atoms with E-state index in [1.807, 2.05) is 24.3 Å². The number of unbranched alkanes of at least 4 members (excludes halogenated alkanes) is 1. The Labute approximate surface area is 103 Å². The quantitative estimate of drug-likeness (QED) is 0.716. The van der Waals surface area contributed by atoms with Crippen molar-refractivity contribution >= 4 is 5.57 Å². The molecule has 0 saturated carbocycles. The molecule has 2 rings (SSSR count). The third-order valence-electron chi connectivity index (χ3n) is 2.70. The van der Waals surface area contributed by atoms with Crippen molar-refractivity contribution in [2.45, 2.75) is 19.8 Å². The Morgan fingerprint density at radius 2 is 2.18 bits per heavy atom. The second-order valence-electron chi connectivity index (χ2n) is 4.03. The largest absolute Gasteiger partial charge is 0.496 e. The van der Waals surface area contributed by atoms with Crippen LogP contribution in [-0.4, -0.2) is 13.2 Å². The highest BCUT2D eigenvalue weighted by Gasteiger charge is 2.09. The van der Waals surface area contributed by atoms with Gasteiger partial charge >= 0.3 is 0 Å². The monoisotopic (exact) mass is 230 g/mol. The molecule has 1 aliphatic heterocycles. The zero-order chi connectivity index (χ0) is 11.9. The summed E-state index contributed by atoms with van der Waals surface area (Å²) in [5.74, 6) is 0.950. The maximum Gasteiger partial charge on any atom is 0.126 e. The lowest BCUT2D eigenvalue weighted by atomic mass is 10.0. The summed E-state index contributed by atoms with van der Waals surface area (Å²) in [6, 6.07) is 8.13. The summed E-state index contributed by atoms with van der Waals surface area (Å²) < 4.78 is 11.1. The minimum absolute atomic E-state index is 0.616. The van der Waals surface area contributed by atoms with E-state index in [-0.39, 0.29) is 0 Å². The van der Waals surface area contributed by atoms with Gasteiger partial charge in [-0.3, -0.25) is 0 Å². The van der Waals surface area contributed by atoms with Crippen LogP contribution in [-0.2, 0) is 4.74 Å². The first-order valence-corrected chi connectivity index (χ1v) is 6.11. The van der Waals surface area contributed by atoms with Crippen LogP contribution < -0.4 is 4.74 Å². The van der Waals surface area contributed by atoms with Crippen LogP contribution in [0.4, 0.5) is 0 Å². The Hall–Kier alpha value is -1.70. The van der Waals surface area contributed by atoms with Crippen LogP contribution in [0.5, 0.6) is 5.75 Å². The highest BCUT2D eigenvalue weighted by atomic mass is 16.5. The molecule has 0 radical (unpaired) electrons. The molecule has 0 aliphatic carbocycles. The Bertz CT molecular complexity index is 419. The standard InChI is InChI=1S/C15H18O2/c1-2-3-11-17-15-9-5-4-8-14(15)13-7-6-10-16-12-13/h4-10H,2-3,11-12H2,1H3. The molecule has 2 nitrogen and oxygen atoms in total. The fourth-order valence-electron chi connectivity index (χ4n) is 1.75. The van der Waals surface area contributed by atoms with E-state index in [1.165, 1.54) is 5.57 Å². The second-order valence-corrected chi connectivity index (χ2v) is 4.03. The van der Waals surface area contributed by atoms with Crippen LogP contribution in [0, 0.1) is 0 Å². The summed E-state index contributed by atoms with van der Waals surface area (Å²) in [6.45, 7) is 3.56. The van der Waals surface area contributed by atoms with E-state index >= 15 is 0 Å². The summed E-state index contributed by atoms with van der Waals surface area (Å²) in [7, 11) is 0. The highest BCUT2D eigenvalue weighted by Crippen LogP contribution is 2.27. The van der Waals surface area contributed by atoms with Crippen LogP contribution in [0.2, 0.25) is 0 Å². The molecule has 0 N–H and O–H groups in total. The Morgan fingerprint density at radius 3 is 2.94 bits per heavy atom. The van der Waals surface area contributed by atoms with Crippen molar-refractivity contribution < 1.29 is 9.47 Å². The first-order valence-electron chi connectivity index (χ1n) is 6.11. The predicted molar refractivity (Wildman–Crippen MR) is 69.9 cm³/mol. The highest BCUT2D eigenvalue weighted by molar-refractivity contribution is 5.73. The molecule has 0 spiro atoms. The van der Waals surface area contributed by atoms with Gasteiger partial charge in [-0.2, -0.15) is 0 Å². The van der Waals surface area contributed by atoms with Crippen molar-refractivity contribution in [3.05, 3.63) is 48.2 Å². The summed E-state index contributed by atoms with van der Waals surface area (Å²) >= 11 is 0. The maximum absolute atomic E-state index is 5.81. The molecule has 2 heteroatoms. The summed E-state index contributed by atoms with van der Waals surface area (Å²) in [4.78, 5) is 0. The number of ether oxygens (including phenoxy) is 2. The molecule has 1 aromatic rings. The van der Waals surface area contributed by atoms with Gasteiger partial charge < -0.3 is 9.47 Å². The fraction of sp³-hybridized carbons (Fsp3) is 0.333. The minimum Gasteiger partial charge on any atom is -0.496 e. The van der Waals surface area contributed by atoms with Crippen molar-refractivity contribution in [1.29, 1.82) is 0 Å². The summed E-state index contributed by atoms with van der Waals surface area (Å²) in [5, 5.41) is 0. The lowest BCUT2D eigenvalue weighted by Gasteiger charge is -2.15. The summed E-state index contributed by atoms with van der Waals surface area (Å²) in [6.07, 6.45) is 7.94. The van der Waals surface area contributed by atoms with E-state index in [2.05, 4.69) is 19.1 Å². The molecule has 0 aromatic heterocycles. The van der Waals surface area contributed by atoms with Crippen molar-refractivity contribution in [2.24, 2.45) is 0 Å². The topological polar surface area (TPSA) is 18.5 Å². The van der Waals surface area contributed by atoms with E-state index in [0.717, 1.165) is 30.8 Å². The van der Waals surface area contributed by atoms with E-state index in [9.17, 15) is 0 Å². The minimum atomic E-state index is 0.616. The number of allylic oxidation sites excluding steroid dienone is 2. The Balaban J connectivity index is 2.15. The van der Waals surface area contributed by atoms with Crippen LogP contribution in [0.3, 0.4) is 0 Å². The molecular weight excluding hydrogens is 212 g/mol. The zero-order valence-corrected chi connectivity index (χ0v) is 10.2. The van der Waals surface area contributed by atoms with Gasteiger partial charge in [0, 0.05) is 11.1 Å². The third-order valence-corrected chi connectivity index (χ3v) is 2.70.